The van der Waals surface area contributed by atoms with Crippen LogP contribution in [0.5, 0.6) is 0 Å². The van der Waals surface area contributed by atoms with Gasteiger partial charge in [-0.1, -0.05) is 0 Å². The molecule has 2 heterocycles. The second kappa shape index (κ2) is 6.81. The number of amides is 1. The number of hydrogen-bond donors (Lipinski definition) is 1. The Morgan fingerprint density at radius 3 is 2.80 bits per heavy atom. The molecule has 0 aliphatic rings. The molecule has 0 radical (unpaired) electrons. The number of thiophene rings is 1. The van der Waals surface area contributed by atoms with Crippen LogP contribution in [0.25, 0.3) is 0 Å². The number of carbonyl (C=O) groups excluding carboxylic acids is 1. The summed E-state index contributed by atoms with van der Waals surface area (Å²) in [4.78, 5) is 23.3. The Bertz CT molecular complexity index is 584. The van der Waals surface area contributed by atoms with Crippen molar-refractivity contribution in [2.24, 2.45) is 0 Å². The maximum atomic E-state index is 12.2. The lowest BCUT2D eigenvalue weighted by atomic mass is 10.3. The van der Waals surface area contributed by atoms with Gasteiger partial charge in [0.15, 0.2) is 0 Å². The summed E-state index contributed by atoms with van der Waals surface area (Å²) in [6, 6.07) is 2.01. The third-order valence-electron chi connectivity index (χ3n) is 2.59. The molecule has 0 bridgehead atoms. The molecule has 0 spiro atoms. The summed E-state index contributed by atoms with van der Waals surface area (Å²) in [6.07, 6.45) is 3.08. The number of anilines is 1. The Morgan fingerprint density at radius 2 is 2.25 bits per heavy atom. The molecule has 0 atom stereocenters. The predicted molar refractivity (Wildman–Crippen MR) is 84.0 cm³/mol. The van der Waals surface area contributed by atoms with Crippen molar-refractivity contribution in [1.29, 1.82) is 0 Å². The van der Waals surface area contributed by atoms with Crippen molar-refractivity contribution in [2.45, 2.75) is 13.5 Å². The Labute approximate surface area is 130 Å². The molecule has 5 nitrogen and oxygen atoms in total. The van der Waals surface area contributed by atoms with E-state index in [1.165, 1.54) is 6.20 Å². The Hall–Kier alpha value is -1.47. The van der Waals surface area contributed by atoms with Gasteiger partial charge in [0.2, 0.25) is 0 Å². The average molecular weight is 355 g/mol. The van der Waals surface area contributed by atoms with Gasteiger partial charge in [0.25, 0.3) is 5.91 Å². The van der Waals surface area contributed by atoms with E-state index in [0.29, 0.717) is 18.1 Å². The molecule has 7 heteroatoms. The number of nitrogens with one attached hydrogen (secondary N) is 1. The van der Waals surface area contributed by atoms with Crippen LogP contribution in [0, 0.1) is 0 Å². The molecule has 20 heavy (non-hydrogen) atoms. The van der Waals surface area contributed by atoms with E-state index in [2.05, 4.69) is 31.2 Å². The SMILES string of the molecule is CCNc1cnc(C(=O)N(C)Cc2cc(Br)cs2)cn1. The van der Waals surface area contributed by atoms with E-state index in [-0.39, 0.29) is 5.91 Å². The van der Waals surface area contributed by atoms with Gasteiger partial charge in [-0.3, -0.25) is 4.79 Å². The topological polar surface area (TPSA) is 58.1 Å². The molecule has 0 saturated carbocycles. The highest BCUT2D eigenvalue weighted by molar-refractivity contribution is 9.10. The second-order valence-electron chi connectivity index (χ2n) is 4.21. The molecule has 0 fully saturated rings. The highest BCUT2D eigenvalue weighted by Crippen LogP contribution is 2.21. The van der Waals surface area contributed by atoms with Crippen LogP contribution in [0.4, 0.5) is 5.82 Å². The van der Waals surface area contributed by atoms with E-state index < -0.39 is 0 Å². The second-order valence-corrected chi connectivity index (χ2v) is 6.12. The van der Waals surface area contributed by atoms with Crippen molar-refractivity contribution in [1.82, 2.24) is 14.9 Å². The molecule has 0 aliphatic carbocycles. The highest BCUT2D eigenvalue weighted by Gasteiger charge is 2.14. The molecule has 1 amide bonds. The summed E-state index contributed by atoms with van der Waals surface area (Å²) in [5, 5.41) is 5.04. The van der Waals surface area contributed by atoms with E-state index in [4.69, 9.17) is 0 Å². The first-order valence-electron chi connectivity index (χ1n) is 6.14. The average Bonchev–Trinajstić information content (AvgIpc) is 2.84. The van der Waals surface area contributed by atoms with Crippen LogP contribution < -0.4 is 5.32 Å². The van der Waals surface area contributed by atoms with Crippen molar-refractivity contribution in [3.8, 4) is 0 Å². The summed E-state index contributed by atoms with van der Waals surface area (Å²) >= 11 is 5.02. The Morgan fingerprint density at radius 1 is 1.45 bits per heavy atom. The third kappa shape index (κ3) is 3.77. The van der Waals surface area contributed by atoms with Gasteiger partial charge in [-0.15, -0.1) is 11.3 Å². The van der Waals surface area contributed by atoms with Crippen molar-refractivity contribution >= 4 is 39.0 Å². The zero-order valence-corrected chi connectivity index (χ0v) is 13.7. The lowest BCUT2D eigenvalue weighted by Crippen LogP contribution is -2.26. The van der Waals surface area contributed by atoms with Gasteiger partial charge in [0, 0.05) is 28.3 Å². The van der Waals surface area contributed by atoms with Gasteiger partial charge in [-0.05, 0) is 28.9 Å². The quantitative estimate of drug-likeness (QED) is 0.896. The van der Waals surface area contributed by atoms with E-state index in [0.717, 1.165) is 15.9 Å². The summed E-state index contributed by atoms with van der Waals surface area (Å²) < 4.78 is 1.04. The van der Waals surface area contributed by atoms with E-state index >= 15 is 0 Å². The summed E-state index contributed by atoms with van der Waals surface area (Å²) in [5.41, 5.74) is 0.352. The number of aromatic nitrogens is 2. The molecule has 1 N–H and O–H groups in total. The number of hydrogen-bond acceptors (Lipinski definition) is 5. The fraction of sp³-hybridized carbons (Fsp3) is 0.308. The molecule has 2 aromatic rings. The molecule has 0 aromatic carbocycles. The fourth-order valence-corrected chi connectivity index (χ4v) is 3.15. The normalized spacial score (nSPS) is 10.3. The van der Waals surface area contributed by atoms with E-state index in [1.54, 1.807) is 29.5 Å². The van der Waals surface area contributed by atoms with Gasteiger partial charge in [-0.2, -0.15) is 0 Å². The van der Waals surface area contributed by atoms with Gasteiger partial charge in [-0.25, -0.2) is 9.97 Å². The lowest BCUT2D eigenvalue weighted by Gasteiger charge is -2.15. The molecule has 2 rings (SSSR count). The Balaban J connectivity index is 2.02. The van der Waals surface area contributed by atoms with Crippen LogP contribution in [0.1, 0.15) is 22.3 Å². The standard InChI is InChI=1S/C13H15BrN4OS/c1-3-15-12-6-16-11(5-17-12)13(19)18(2)7-10-4-9(14)8-20-10/h4-6,8H,3,7H2,1-2H3,(H,15,17). The number of carbonyl (C=O) groups is 1. The van der Waals surface area contributed by atoms with Crippen LogP contribution in [-0.4, -0.2) is 34.4 Å². The highest BCUT2D eigenvalue weighted by atomic mass is 79.9. The van der Waals surface area contributed by atoms with E-state index in [9.17, 15) is 4.79 Å². The van der Waals surface area contributed by atoms with Crippen LogP contribution in [0.15, 0.2) is 28.3 Å². The van der Waals surface area contributed by atoms with Gasteiger partial charge in [0.1, 0.15) is 11.5 Å². The van der Waals surface area contributed by atoms with Crippen molar-refractivity contribution in [2.75, 3.05) is 18.9 Å². The third-order valence-corrected chi connectivity index (χ3v) is 4.27. The monoisotopic (exact) mass is 354 g/mol. The summed E-state index contributed by atoms with van der Waals surface area (Å²) in [7, 11) is 1.76. The largest absolute Gasteiger partial charge is 0.369 e. The van der Waals surface area contributed by atoms with Gasteiger partial charge in [0.05, 0.1) is 18.9 Å². The number of nitrogens with zero attached hydrogens (tertiary/aromatic N) is 3. The molecular weight excluding hydrogens is 340 g/mol. The van der Waals surface area contributed by atoms with Crippen molar-refractivity contribution < 1.29 is 4.79 Å². The molecule has 0 unspecified atom stereocenters. The molecule has 0 aliphatic heterocycles. The van der Waals surface area contributed by atoms with E-state index in [1.807, 2.05) is 18.4 Å². The maximum absolute atomic E-state index is 12.2. The first-order valence-corrected chi connectivity index (χ1v) is 7.81. The first-order chi connectivity index (χ1) is 9.60. The van der Waals surface area contributed by atoms with Gasteiger partial charge >= 0.3 is 0 Å². The van der Waals surface area contributed by atoms with Crippen LogP contribution in [-0.2, 0) is 6.54 Å². The zero-order valence-electron chi connectivity index (χ0n) is 11.3. The van der Waals surface area contributed by atoms with Crippen molar-refractivity contribution in [3.05, 3.63) is 38.9 Å². The van der Waals surface area contributed by atoms with Crippen LogP contribution in [0.3, 0.4) is 0 Å². The minimum absolute atomic E-state index is 0.134. The fourth-order valence-electron chi connectivity index (χ4n) is 1.65. The molecule has 2 aromatic heterocycles. The Kier molecular flexibility index (Phi) is 5.08. The lowest BCUT2D eigenvalue weighted by molar-refractivity contribution is 0.0780. The minimum atomic E-state index is -0.134. The summed E-state index contributed by atoms with van der Waals surface area (Å²) in [6.45, 7) is 3.31. The zero-order chi connectivity index (χ0) is 14.5. The van der Waals surface area contributed by atoms with Crippen LogP contribution in [0.2, 0.25) is 0 Å². The van der Waals surface area contributed by atoms with Crippen molar-refractivity contribution in [3.63, 3.8) is 0 Å². The maximum Gasteiger partial charge on any atom is 0.274 e. The minimum Gasteiger partial charge on any atom is -0.369 e. The number of rotatable bonds is 5. The predicted octanol–water partition coefficient (Wildman–Crippen LogP) is 3.00. The first kappa shape index (κ1) is 14.9. The smallest absolute Gasteiger partial charge is 0.274 e. The molecule has 106 valence electrons. The number of halogens is 1. The molecule has 0 saturated heterocycles. The summed E-state index contributed by atoms with van der Waals surface area (Å²) in [5.74, 6) is 0.541. The molecular formula is C13H15BrN4OS. The van der Waals surface area contributed by atoms with Crippen LogP contribution >= 0.6 is 27.3 Å². The van der Waals surface area contributed by atoms with Gasteiger partial charge < -0.3 is 10.2 Å².